The van der Waals surface area contributed by atoms with E-state index in [2.05, 4.69) is 59.9 Å². The van der Waals surface area contributed by atoms with Crippen LogP contribution in [0.4, 0.5) is 4.39 Å². The van der Waals surface area contributed by atoms with Crippen LogP contribution in [0, 0.1) is 12.7 Å². The Kier molecular flexibility index (Phi) is 6.66. The van der Waals surface area contributed by atoms with Crippen molar-refractivity contribution in [1.82, 2.24) is 19.9 Å². The highest BCUT2D eigenvalue weighted by atomic mass is 19.1. The van der Waals surface area contributed by atoms with Gasteiger partial charge in [0.15, 0.2) is 0 Å². The average molecular weight is 433 g/mol. The zero-order chi connectivity index (χ0) is 22.7. The molecular formula is C27H33FN4. The number of halogens is 1. The molecule has 1 aliphatic rings. The SMILES string of the molecule is Cc1ccc(C(C)N2[C@H](C)CC(CCc3ccc(F)cn3)(c3ccccn3)C[C@@H]2C)cn1. The topological polar surface area (TPSA) is 41.9 Å². The fourth-order valence-corrected chi connectivity index (χ4v) is 5.66. The van der Waals surface area contributed by atoms with Crippen molar-refractivity contribution in [2.75, 3.05) is 0 Å². The lowest BCUT2D eigenvalue weighted by Crippen LogP contribution is -2.53. The Labute approximate surface area is 191 Å². The summed E-state index contributed by atoms with van der Waals surface area (Å²) in [5.41, 5.74) is 4.37. The second-order valence-corrected chi connectivity index (χ2v) is 9.43. The number of hydrogen-bond acceptors (Lipinski definition) is 4. The molecule has 4 nitrogen and oxygen atoms in total. The summed E-state index contributed by atoms with van der Waals surface area (Å²) in [7, 11) is 0. The van der Waals surface area contributed by atoms with Gasteiger partial charge in [0.25, 0.3) is 0 Å². The van der Waals surface area contributed by atoms with Crippen molar-refractivity contribution in [3.63, 3.8) is 0 Å². The molecule has 4 heterocycles. The lowest BCUT2D eigenvalue weighted by atomic mass is 9.67. The number of piperidine rings is 1. The van der Waals surface area contributed by atoms with Crippen molar-refractivity contribution in [3.05, 3.63) is 89.5 Å². The Morgan fingerprint density at radius 3 is 2.38 bits per heavy atom. The summed E-state index contributed by atoms with van der Waals surface area (Å²) in [6.45, 7) is 8.98. The smallest absolute Gasteiger partial charge is 0.141 e. The number of pyridine rings is 3. The van der Waals surface area contributed by atoms with E-state index < -0.39 is 0 Å². The van der Waals surface area contributed by atoms with Crippen LogP contribution in [0.5, 0.6) is 0 Å². The Balaban J connectivity index is 1.59. The van der Waals surface area contributed by atoms with Crippen LogP contribution in [-0.4, -0.2) is 31.9 Å². The normalized spacial score (nSPS) is 24.9. The largest absolute Gasteiger partial charge is 0.291 e. The van der Waals surface area contributed by atoms with Gasteiger partial charge in [0.1, 0.15) is 5.82 Å². The molecule has 0 amide bonds. The first-order valence-corrected chi connectivity index (χ1v) is 11.6. The summed E-state index contributed by atoms with van der Waals surface area (Å²) >= 11 is 0. The van der Waals surface area contributed by atoms with Gasteiger partial charge in [-0.2, -0.15) is 0 Å². The second-order valence-electron chi connectivity index (χ2n) is 9.43. The van der Waals surface area contributed by atoms with E-state index in [0.29, 0.717) is 18.1 Å². The lowest BCUT2D eigenvalue weighted by Gasteiger charge is -2.51. The molecule has 3 aromatic heterocycles. The van der Waals surface area contributed by atoms with Crippen LogP contribution in [0.3, 0.4) is 0 Å². The van der Waals surface area contributed by atoms with E-state index in [9.17, 15) is 4.39 Å². The lowest BCUT2D eigenvalue weighted by molar-refractivity contribution is 0.0162. The fourth-order valence-electron chi connectivity index (χ4n) is 5.66. The predicted octanol–water partition coefficient (Wildman–Crippen LogP) is 5.82. The standard InChI is InChI=1S/C27H33FN4/c1-19-8-9-23(17-30-19)22(4)32-20(2)15-27(16-21(32)3,26-7-5-6-14-29-26)13-12-25-11-10-24(28)18-31-25/h5-11,14,17-18,20-22H,12-13,15-16H2,1-4H3/t20-,21+,22?,27?. The van der Waals surface area contributed by atoms with Crippen LogP contribution in [-0.2, 0) is 11.8 Å². The molecule has 5 heteroatoms. The van der Waals surface area contributed by atoms with Gasteiger partial charge < -0.3 is 0 Å². The van der Waals surface area contributed by atoms with Gasteiger partial charge >= 0.3 is 0 Å². The Hall–Kier alpha value is -2.66. The van der Waals surface area contributed by atoms with Gasteiger partial charge in [-0.25, -0.2) is 4.39 Å². The van der Waals surface area contributed by atoms with Crippen LogP contribution in [0.2, 0.25) is 0 Å². The van der Waals surface area contributed by atoms with Crippen molar-refractivity contribution in [2.45, 2.75) is 76.9 Å². The third-order valence-electron chi connectivity index (χ3n) is 7.11. The minimum atomic E-state index is -0.289. The van der Waals surface area contributed by atoms with Crippen LogP contribution in [0.25, 0.3) is 0 Å². The molecule has 0 N–H and O–H groups in total. The molecule has 4 atom stereocenters. The minimum absolute atomic E-state index is 0.0299. The van der Waals surface area contributed by atoms with Gasteiger partial charge in [0.05, 0.1) is 6.20 Å². The molecule has 1 aliphatic heterocycles. The monoisotopic (exact) mass is 432 g/mol. The van der Waals surface area contributed by atoms with Crippen molar-refractivity contribution in [2.24, 2.45) is 0 Å². The maximum atomic E-state index is 13.3. The van der Waals surface area contributed by atoms with Gasteiger partial charge in [-0.15, -0.1) is 0 Å². The first-order chi connectivity index (χ1) is 15.4. The van der Waals surface area contributed by atoms with E-state index in [1.807, 2.05) is 25.4 Å². The van der Waals surface area contributed by atoms with Crippen molar-refractivity contribution in [1.29, 1.82) is 0 Å². The van der Waals surface area contributed by atoms with Crippen LogP contribution >= 0.6 is 0 Å². The summed E-state index contributed by atoms with van der Waals surface area (Å²) < 4.78 is 13.3. The molecule has 0 spiro atoms. The Bertz CT molecular complexity index is 992. The molecule has 0 radical (unpaired) electrons. The Morgan fingerprint density at radius 2 is 1.78 bits per heavy atom. The number of rotatable bonds is 6. The summed E-state index contributed by atoms with van der Waals surface area (Å²) in [6.07, 6.45) is 9.04. The van der Waals surface area contributed by atoms with E-state index in [1.54, 1.807) is 6.07 Å². The van der Waals surface area contributed by atoms with E-state index in [1.165, 1.54) is 17.8 Å². The third-order valence-corrected chi connectivity index (χ3v) is 7.11. The van der Waals surface area contributed by atoms with Gasteiger partial charge in [0.2, 0.25) is 0 Å². The summed E-state index contributed by atoms with van der Waals surface area (Å²) in [4.78, 5) is 16.3. The molecule has 168 valence electrons. The predicted molar refractivity (Wildman–Crippen MR) is 126 cm³/mol. The van der Waals surface area contributed by atoms with Gasteiger partial charge in [-0.05, 0) is 89.3 Å². The van der Waals surface area contributed by atoms with E-state index in [4.69, 9.17) is 4.98 Å². The summed E-state index contributed by atoms with van der Waals surface area (Å²) in [5.74, 6) is -0.289. The minimum Gasteiger partial charge on any atom is -0.291 e. The number of nitrogens with zero attached hydrogens (tertiary/aromatic N) is 4. The molecule has 0 aliphatic carbocycles. The van der Waals surface area contributed by atoms with E-state index in [0.717, 1.165) is 42.8 Å². The second kappa shape index (κ2) is 9.45. The number of likely N-dealkylation sites (tertiary alicyclic amines) is 1. The van der Waals surface area contributed by atoms with Gasteiger partial charge in [-0.3, -0.25) is 19.9 Å². The molecule has 1 saturated heterocycles. The molecule has 0 aromatic carbocycles. The maximum Gasteiger partial charge on any atom is 0.141 e. The zero-order valence-electron chi connectivity index (χ0n) is 19.5. The first kappa shape index (κ1) is 22.5. The molecule has 3 aromatic rings. The fraction of sp³-hybridized carbons (Fsp3) is 0.444. The highest BCUT2D eigenvalue weighted by Crippen LogP contribution is 2.45. The molecule has 4 rings (SSSR count). The summed E-state index contributed by atoms with van der Waals surface area (Å²) in [5, 5.41) is 0. The zero-order valence-corrected chi connectivity index (χ0v) is 19.5. The molecular weight excluding hydrogens is 399 g/mol. The number of hydrogen-bond donors (Lipinski definition) is 0. The van der Waals surface area contributed by atoms with Gasteiger partial charge in [-0.1, -0.05) is 12.1 Å². The molecule has 32 heavy (non-hydrogen) atoms. The quantitative estimate of drug-likeness (QED) is 0.492. The van der Waals surface area contributed by atoms with Crippen molar-refractivity contribution >= 4 is 0 Å². The van der Waals surface area contributed by atoms with Crippen molar-refractivity contribution < 1.29 is 4.39 Å². The van der Waals surface area contributed by atoms with Gasteiger partial charge in [0, 0.05) is 53.0 Å². The molecule has 0 saturated carbocycles. The highest BCUT2D eigenvalue weighted by molar-refractivity contribution is 5.23. The average Bonchev–Trinajstić information content (AvgIpc) is 2.79. The molecule has 2 unspecified atom stereocenters. The first-order valence-electron chi connectivity index (χ1n) is 11.6. The molecule has 1 fully saturated rings. The highest BCUT2D eigenvalue weighted by Gasteiger charge is 2.44. The van der Waals surface area contributed by atoms with E-state index in [-0.39, 0.29) is 11.2 Å². The van der Waals surface area contributed by atoms with Crippen molar-refractivity contribution in [3.8, 4) is 0 Å². The number of aromatic nitrogens is 3. The third kappa shape index (κ3) is 4.73. The van der Waals surface area contributed by atoms with Crippen LogP contribution in [0.15, 0.2) is 61.1 Å². The van der Waals surface area contributed by atoms with Crippen LogP contribution < -0.4 is 0 Å². The van der Waals surface area contributed by atoms with Crippen LogP contribution in [0.1, 0.15) is 68.7 Å². The summed E-state index contributed by atoms with van der Waals surface area (Å²) in [6, 6.07) is 14.9. The Morgan fingerprint density at radius 1 is 1.00 bits per heavy atom. The number of aryl methyl sites for hydroxylation is 2. The van der Waals surface area contributed by atoms with E-state index >= 15 is 0 Å². The molecule has 0 bridgehead atoms. The maximum absolute atomic E-state index is 13.3.